The molecule has 156 valence electrons. The fraction of sp³-hybridized carbons (Fsp3) is 0.435. The fourth-order valence-corrected chi connectivity index (χ4v) is 5.06. The van der Waals surface area contributed by atoms with Gasteiger partial charge < -0.3 is 9.80 Å². The molecular weight excluding hydrogens is 398 g/mol. The summed E-state index contributed by atoms with van der Waals surface area (Å²) in [7, 11) is 0. The first-order valence-electron chi connectivity index (χ1n) is 10.7. The van der Waals surface area contributed by atoms with E-state index in [4.69, 9.17) is 11.6 Å². The lowest BCUT2D eigenvalue weighted by molar-refractivity contribution is -0.133. The smallest absolute Gasteiger partial charge is 0.236 e. The molecule has 2 bridgehead atoms. The minimum absolute atomic E-state index is 0.240. The Balaban J connectivity index is 1.18. The maximum absolute atomic E-state index is 13.0. The second kappa shape index (κ2) is 8.36. The lowest BCUT2D eigenvalue weighted by Gasteiger charge is -2.41. The number of hydrogen-bond acceptors (Lipinski definition) is 5. The summed E-state index contributed by atoms with van der Waals surface area (Å²) in [6, 6.07) is 10.5. The van der Waals surface area contributed by atoms with Crippen molar-refractivity contribution in [2.24, 2.45) is 0 Å². The van der Waals surface area contributed by atoms with E-state index in [-0.39, 0.29) is 5.91 Å². The lowest BCUT2D eigenvalue weighted by atomic mass is 9.99. The van der Waals surface area contributed by atoms with Gasteiger partial charge in [-0.25, -0.2) is 9.97 Å². The highest BCUT2D eigenvalue weighted by molar-refractivity contribution is 6.30. The van der Waals surface area contributed by atoms with Gasteiger partial charge in [-0.15, -0.1) is 0 Å². The molecule has 2 fully saturated rings. The molecule has 2 unspecified atom stereocenters. The lowest BCUT2D eigenvalue weighted by Crippen LogP contribution is -2.57. The molecule has 1 aromatic carbocycles. The summed E-state index contributed by atoms with van der Waals surface area (Å²) >= 11 is 5.99. The first-order chi connectivity index (χ1) is 14.7. The monoisotopic (exact) mass is 423 g/mol. The van der Waals surface area contributed by atoms with Crippen LogP contribution in [0.5, 0.6) is 0 Å². The fourth-order valence-electron chi connectivity index (χ4n) is 4.93. The summed E-state index contributed by atoms with van der Waals surface area (Å²) in [5.74, 6) is 1.04. The SMILES string of the molecule is O=C(CN1CC=C(c2ccc(Cl)cc2)CC1)N1CC2CCC(C1)N2c1ncccn1. The van der Waals surface area contributed by atoms with E-state index in [9.17, 15) is 4.79 Å². The third kappa shape index (κ3) is 3.94. The van der Waals surface area contributed by atoms with Crippen molar-refractivity contribution in [2.75, 3.05) is 37.6 Å². The van der Waals surface area contributed by atoms with Gasteiger partial charge in [0.2, 0.25) is 11.9 Å². The van der Waals surface area contributed by atoms with Gasteiger partial charge in [-0.2, -0.15) is 0 Å². The van der Waals surface area contributed by atoms with Crippen LogP contribution in [-0.4, -0.2) is 70.5 Å². The van der Waals surface area contributed by atoms with Crippen LogP contribution in [0.2, 0.25) is 5.02 Å². The van der Waals surface area contributed by atoms with Gasteiger partial charge in [0.05, 0.1) is 6.54 Å². The number of carbonyl (C=O) groups excluding carboxylic acids is 1. The largest absolute Gasteiger partial charge is 0.337 e. The molecule has 4 heterocycles. The quantitative estimate of drug-likeness (QED) is 0.756. The number of carbonyl (C=O) groups is 1. The molecule has 1 aromatic heterocycles. The maximum atomic E-state index is 13.0. The molecule has 2 aromatic rings. The third-order valence-corrected chi connectivity index (χ3v) is 6.74. The van der Waals surface area contributed by atoms with E-state index in [1.165, 1.54) is 11.1 Å². The number of likely N-dealkylation sites (tertiary alicyclic amines) is 1. The van der Waals surface area contributed by atoms with Gasteiger partial charge in [-0.1, -0.05) is 29.8 Å². The van der Waals surface area contributed by atoms with Crippen LogP contribution in [0.4, 0.5) is 5.95 Å². The summed E-state index contributed by atoms with van der Waals surface area (Å²) in [5.41, 5.74) is 2.56. The number of benzene rings is 1. The molecule has 5 rings (SSSR count). The van der Waals surface area contributed by atoms with Gasteiger partial charge in [-0.3, -0.25) is 9.69 Å². The van der Waals surface area contributed by atoms with Crippen LogP contribution >= 0.6 is 11.6 Å². The van der Waals surface area contributed by atoms with Crippen molar-refractivity contribution >= 4 is 29.0 Å². The molecular formula is C23H26ClN5O. The van der Waals surface area contributed by atoms with Crippen LogP contribution in [0.25, 0.3) is 5.57 Å². The number of amides is 1. The first kappa shape index (κ1) is 19.5. The van der Waals surface area contributed by atoms with Gasteiger partial charge in [0, 0.05) is 55.7 Å². The van der Waals surface area contributed by atoms with E-state index in [2.05, 4.69) is 42.9 Å². The number of fused-ring (bicyclic) bond motifs is 2. The van der Waals surface area contributed by atoms with Crippen LogP contribution in [0, 0.1) is 0 Å². The summed E-state index contributed by atoms with van der Waals surface area (Å²) in [5, 5.41) is 0.760. The highest BCUT2D eigenvalue weighted by Crippen LogP contribution is 2.33. The predicted octanol–water partition coefficient (Wildman–Crippen LogP) is 3.10. The Kier molecular flexibility index (Phi) is 5.44. The highest BCUT2D eigenvalue weighted by atomic mass is 35.5. The topological polar surface area (TPSA) is 52.6 Å². The van der Waals surface area contributed by atoms with Crippen molar-refractivity contribution < 1.29 is 4.79 Å². The Morgan fingerprint density at radius 1 is 1.07 bits per heavy atom. The zero-order chi connectivity index (χ0) is 20.5. The standard InChI is InChI=1S/C23H26ClN5O/c24-19-4-2-17(3-5-19)18-8-12-27(13-9-18)16-22(30)28-14-20-6-7-21(15-28)29(20)23-25-10-1-11-26-23/h1-5,8,10-11,20-21H,6-7,9,12-16H2. The Morgan fingerprint density at radius 3 is 2.40 bits per heavy atom. The number of hydrogen-bond donors (Lipinski definition) is 0. The Labute approximate surface area is 182 Å². The number of aromatic nitrogens is 2. The minimum Gasteiger partial charge on any atom is -0.337 e. The van der Waals surface area contributed by atoms with Crippen LogP contribution in [0.1, 0.15) is 24.8 Å². The Hall–Kier alpha value is -2.44. The Morgan fingerprint density at radius 2 is 1.77 bits per heavy atom. The van der Waals surface area contributed by atoms with Gasteiger partial charge in [0.15, 0.2) is 0 Å². The first-order valence-corrected chi connectivity index (χ1v) is 11.1. The molecule has 0 N–H and O–H groups in total. The van der Waals surface area contributed by atoms with Gasteiger partial charge in [-0.05, 0) is 48.6 Å². The predicted molar refractivity (Wildman–Crippen MR) is 118 cm³/mol. The van der Waals surface area contributed by atoms with E-state index < -0.39 is 0 Å². The molecule has 1 amide bonds. The van der Waals surface area contributed by atoms with E-state index >= 15 is 0 Å². The van der Waals surface area contributed by atoms with E-state index in [0.29, 0.717) is 18.6 Å². The number of halogens is 1. The molecule has 30 heavy (non-hydrogen) atoms. The van der Waals surface area contributed by atoms with E-state index in [0.717, 1.165) is 56.4 Å². The number of rotatable bonds is 4. The van der Waals surface area contributed by atoms with Crippen molar-refractivity contribution in [1.29, 1.82) is 0 Å². The zero-order valence-electron chi connectivity index (χ0n) is 17.0. The molecule has 3 aliphatic heterocycles. The van der Waals surface area contributed by atoms with Crippen LogP contribution in [-0.2, 0) is 4.79 Å². The molecule has 0 saturated carbocycles. The molecule has 0 radical (unpaired) electrons. The second-order valence-electron chi connectivity index (χ2n) is 8.36. The van der Waals surface area contributed by atoms with Gasteiger partial charge in [0.25, 0.3) is 0 Å². The molecule has 2 atom stereocenters. The summed E-state index contributed by atoms with van der Waals surface area (Å²) < 4.78 is 0. The van der Waals surface area contributed by atoms with Crippen molar-refractivity contribution in [2.45, 2.75) is 31.3 Å². The second-order valence-corrected chi connectivity index (χ2v) is 8.80. The average Bonchev–Trinajstić information content (AvgIpc) is 3.04. The van der Waals surface area contributed by atoms with Crippen LogP contribution in [0.15, 0.2) is 48.8 Å². The van der Waals surface area contributed by atoms with Crippen LogP contribution in [0.3, 0.4) is 0 Å². The zero-order valence-corrected chi connectivity index (χ0v) is 17.7. The number of anilines is 1. The highest BCUT2D eigenvalue weighted by Gasteiger charge is 2.42. The summed E-state index contributed by atoms with van der Waals surface area (Å²) in [4.78, 5) is 28.5. The molecule has 0 aliphatic carbocycles. The van der Waals surface area contributed by atoms with Gasteiger partial charge >= 0.3 is 0 Å². The minimum atomic E-state index is 0.240. The van der Waals surface area contributed by atoms with E-state index in [1.54, 1.807) is 12.4 Å². The van der Waals surface area contributed by atoms with Crippen molar-refractivity contribution in [3.63, 3.8) is 0 Å². The van der Waals surface area contributed by atoms with Crippen molar-refractivity contribution in [1.82, 2.24) is 19.8 Å². The molecule has 7 heteroatoms. The molecule has 3 aliphatic rings. The van der Waals surface area contributed by atoms with Gasteiger partial charge in [0.1, 0.15) is 0 Å². The van der Waals surface area contributed by atoms with E-state index in [1.807, 2.05) is 18.2 Å². The van der Waals surface area contributed by atoms with Crippen molar-refractivity contribution in [3.05, 3.63) is 59.4 Å². The van der Waals surface area contributed by atoms with Crippen molar-refractivity contribution in [3.8, 4) is 0 Å². The summed E-state index contributed by atoms with van der Waals surface area (Å²) in [6.45, 7) is 3.76. The molecule has 0 spiro atoms. The average molecular weight is 424 g/mol. The summed E-state index contributed by atoms with van der Waals surface area (Å²) in [6.07, 6.45) is 8.99. The molecule has 6 nitrogen and oxygen atoms in total. The number of piperazine rings is 1. The Bertz CT molecular complexity index is 918. The van der Waals surface area contributed by atoms with Crippen LogP contribution < -0.4 is 4.90 Å². The normalized spacial score (nSPS) is 24.1. The maximum Gasteiger partial charge on any atom is 0.236 e. The number of nitrogens with zero attached hydrogens (tertiary/aromatic N) is 5. The third-order valence-electron chi connectivity index (χ3n) is 6.49. The molecule has 2 saturated heterocycles.